The van der Waals surface area contributed by atoms with Crippen molar-refractivity contribution < 1.29 is 9.63 Å². The zero-order chi connectivity index (χ0) is 13.1. The third-order valence-corrected chi connectivity index (χ3v) is 2.89. The highest BCUT2D eigenvalue weighted by atomic mass is 16.7. The summed E-state index contributed by atoms with van der Waals surface area (Å²) in [6.07, 6.45) is 0. The molecule has 0 spiro atoms. The molecule has 2 aromatic rings. The van der Waals surface area contributed by atoms with Gasteiger partial charge in [0.2, 0.25) is 0 Å². The van der Waals surface area contributed by atoms with Crippen LogP contribution in [0.25, 0.3) is 0 Å². The standard InChI is InChI=1S/C16H11NO2/c18-16-14(11-10-12-6-2-1-3-7-12)13-8-4-5-9-15(13)19-17-16/h1-9,14H,(H,17,18). The number of benzene rings is 2. The Morgan fingerprint density at radius 1 is 1.00 bits per heavy atom. The van der Waals surface area contributed by atoms with Crippen LogP contribution in [0.4, 0.5) is 0 Å². The van der Waals surface area contributed by atoms with Crippen molar-refractivity contribution in [2.75, 3.05) is 0 Å². The number of hydrogen-bond acceptors (Lipinski definition) is 2. The van der Waals surface area contributed by atoms with Crippen molar-refractivity contribution in [3.63, 3.8) is 0 Å². The van der Waals surface area contributed by atoms with Gasteiger partial charge in [-0.15, -0.1) is 0 Å². The number of fused-ring (bicyclic) bond motifs is 1. The molecule has 0 aromatic heterocycles. The summed E-state index contributed by atoms with van der Waals surface area (Å²) in [4.78, 5) is 17.0. The maximum atomic E-state index is 11.8. The topological polar surface area (TPSA) is 38.3 Å². The van der Waals surface area contributed by atoms with Crippen LogP contribution >= 0.6 is 0 Å². The predicted octanol–water partition coefficient (Wildman–Crippen LogP) is 2.25. The van der Waals surface area contributed by atoms with Crippen molar-refractivity contribution in [2.24, 2.45) is 0 Å². The van der Waals surface area contributed by atoms with Crippen molar-refractivity contribution in [1.82, 2.24) is 5.48 Å². The fourth-order valence-corrected chi connectivity index (χ4v) is 1.94. The zero-order valence-corrected chi connectivity index (χ0v) is 10.1. The van der Waals surface area contributed by atoms with Gasteiger partial charge < -0.3 is 4.84 Å². The second-order valence-corrected chi connectivity index (χ2v) is 4.17. The molecule has 0 radical (unpaired) electrons. The van der Waals surface area contributed by atoms with Gasteiger partial charge in [-0.05, 0) is 18.2 Å². The van der Waals surface area contributed by atoms with Crippen LogP contribution in [-0.4, -0.2) is 5.91 Å². The third-order valence-electron chi connectivity index (χ3n) is 2.89. The Balaban J connectivity index is 1.97. The van der Waals surface area contributed by atoms with Crippen LogP contribution in [0.3, 0.4) is 0 Å². The van der Waals surface area contributed by atoms with Crippen LogP contribution in [-0.2, 0) is 4.79 Å². The molecule has 3 rings (SSSR count). The molecular weight excluding hydrogens is 238 g/mol. The highest BCUT2D eigenvalue weighted by Gasteiger charge is 2.27. The number of hydroxylamine groups is 1. The molecule has 0 saturated heterocycles. The highest BCUT2D eigenvalue weighted by Crippen LogP contribution is 2.29. The zero-order valence-electron chi connectivity index (χ0n) is 10.1. The Bertz CT molecular complexity index is 668. The number of para-hydroxylation sites is 1. The van der Waals surface area contributed by atoms with Crippen molar-refractivity contribution in [3.05, 3.63) is 65.7 Å². The predicted molar refractivity (Wildman–Crippen MR) is 71.3 cm³/mol. The van der Waals surface area contributed by atoms with Crippen LogP contribution in [0.2, 0.25) is 0 Å². The van der Waals surface area contributed by atoms with Crippen LogP contribution < -0.4 is 10.3 Å². The van der Waals surface area contributed by atoms with E-state index >= 15 is 0 Å². The van der Waals surface area contributed by atoms with Crippen LogP contribution in [0.5, 0.6) is 5.75 Å². The van der Waals surface area contributed by atoms with Gasteiger partial charge in [-0.25, -0.2) is 0 Å². The Morgan fingerprint density at radius 2 is 1.74 bits per heavy atom. The van der Waals surface area contributed by atoms with E-state index in [1.165, 1.54) is 0 Å². The average Bonchev–Trinajstić information content (AvgIpc) is 2.47. The van der Waals surface area contributed by atoms with Crippen LogP contribution in [0.15, 0.2) is 54.6 Å². The normalized spacial score (nSPS) is 16.4. The summed E-state index contributed by atoms with van der Waals surface area (Å²) >= 11 is 0. The van der Waals surface area contributed by atoms with Crippen molar-refractivity contribution in [1.29, 1.82) is 0 Å². The Hall–Kier alpha value is -2.73. The van der Waals surface area contributed by atoms with Crippen LogP contribution in [0.1, 0.15) is 17.0 Å². The lowest BCUT2D eigenvalue weighted by atomic mass is 9.96. The Morgan fingerprint density at radius 3 is 2.58 bits per heavy atom. The maximum absolute atomic E-state index is 11.8. The third kappa shape index (κ3) is 2.29. The van der Waals surface area contributed by atoms with Gasteiger partial charge in [-0.2, -0.15) is 5.48 Å². The van der Waals surface area contributed by atoms with Crippen LogP contribution in [0, 0.1) is 11.8 Å². The molecule has 0 aliphatic carbocycles. The minimum absolute atomic E-state index is 0.234. The molecule has 1 N–H and O–H groups in total. The van der Waals surface area contributed by atoms with E-state index in [-0.39, 0.29) is 5.91 Å². The maximum Gasteiger partial charge on any atom is 0.272 e. The van der Waals surface area contributed by atoms with Gasteiger partial charge in [-0.1, -0.05) is 48.2 Å². The molecule has 0 bridgehead atoms. The molecule has 1 amide bonds. The molecule has 3 heteroatoms. The Labute approximate surface area is 111 Å². The average molecular weight is 249 g/mol. The quantitative estimate of drug-likeness (QED) is 0.727. The minimum atomic E-state index is -0.495. The van der Waals surface area contributed by atoms with E-state index in [2.05, 4.69) is 17.3 Å². The molecule has 0 saturated carbocycles. The SMILES string of the molecule is O=C1NOc2ccccc2C1C#Cc1ccccc1. The number of amides is 1. The first-order valence-corrected chi connectivity index (χ1v) is 5.97. The molecule has 92 valence electrons. The largest absolute Gasteiger partial charge is 0.379 e. The minimum Gasteiger partial charge on any atom is -0.379 e. The molecule has 3 nitrogen and oxygen atoms in total. The lowest BCUT2D eigenvalue weighted by Gasteiger charge is -2.21. The monoisotopic (exact) mass is 249 g/mol. The van der Waals surface area contributed by atoms with Gasteiger partial charge in [-0.3, -0.25) is 4.79 Å². The first-order valence-electron chi connectivity index (χ1n) is 5.97. The van der Waals surface area contributed by atoms with Gasteiger partial charge in [0.05, 0.1) is 0 Å². The molecule has 0 fully saturated rings. The van der Waals surface area contributed by atoms with E-state index in [4.69, 9.17) is 4.84 Å². The lowest BCUT2D eigenvalue weighted by Crippen LogP contribution is -2.36. The van der Waals surface area contributed by atoms with E-state index in [1.54, 1.807) is 0 Å². The van der Waals surface area contributed by atoms with Crippen molar-refractivity contribution >= 4 is 5.91 Å². The fourth-order valence-electron chi connectivity index (χ4n) is 1.94. The first kappa shape index (κ1) is 11.4. The van der Waals surface area contributed by atoms with Gasteiger partial charge in [0.25, 0.3) is 5.91 Å². The fraction of sp³-hybridized carbons (Fsp3) is 0.0625. The van der Waals surface area contributed by atoms with Gasteiger partial charge in [0.1, 0.15) is 5.92 Å². The van der Waals surface area contributed by atoms with Crippen molar-refractivity contribution in [2.45, 2.75) is 5.92 Å². The summed E-state index contributed by atoms with van der Waals surface area (Å²) in [6.45, 7) is 0. The second kappa shape index (κ2) is 4.87. The number of hydrogen-bond donors (Lipinski definition) is 1. The summed E-state index contributed by atoms with van der Waals surface area (Å²) < 4.78 is 0. The highest BCUT2D eigenvalue weighted by molar-refractivity contribution is 5.88. The molecule has 1 unspecified atom stereocenters. The summed E-state index contributed by atoms with van der Waals surface area (Å²) in [5.41, 5.74) is 4.07. The van der Waals surface area contributed by atoms with Gasteiger partial charge >= 0.3 is 0 Å². The van der Waals surface area contributed by atoms with E-state index in [9.17, 15) is 4.79 Å². The molecule has 1 aliphatic rings. The number of carbonyl (C=O) groups is 1. The van der Waals surface area contributed by atoms with Crippen molar-refractivity contribution in [3.8, 4) is 17.6 Å². The summed E-state index contributed by atoms with van der Waals surface area (Å²) in [6, 6.07) is 17.0. The molecule has 2 aromatic carbocycles. The molecule has 1 aliphatic heterocycles. The second-order valence-electron chi connectivity index (χ2n) is 4.17. The van der Waals surface area contributed by atoms with Gasteiger partial charge in [0.15, 0.2) is 5.75 Å². The molecule has 19 heavy (non-hydrogen) atoms. The number of nitrogens with one attached hydrogen (secondary N) is 1. The lowest BCUT2D eigenvalue weighted by molar-refractivity contribution is -0.129. The van der Waals surface area contributed by atoms with E-state index in [1.807, 2.05) is 54.6 Å². The summed E-state index contributed by atoms with van der Waals surface area (Å²) in [5.74, 6) is 5.94. The van der Waals surface area contributed by atoms with Gasteiger partial charge in [0, 0.05) is 11.1 Å². The summed E-state index contributed by atoms with van der Waals surface area (Å²) in [7, 11) is 0. The molecule has 1 atom stereocenters. The van der Waals surface area contributed by atoms with E-state index in [0.29, 0.717) is 5.75 Å². The first-order chi connectivity index (χ1) is 9.34. The van der Waals surface area contributed by atoms with E-state index in [0.717, 1.165) is 11.1 Å². The molecular formula is C16H11NO2. The number of rotatable bonds is 0. The molecule has 1 heterocycles. The number of carbonyl (C=O) groups excluding carboxylic acids is 1. The van der Waals surface area contributed by atoms with E-state index < -0.39 is 5.92 Å². The Kier molecular flexibility index (Phi) is 2.91. The summed E-state index contributed by atoms with van der Waals surface area (Å²) in [5, 5.41) is 0. The smallest absolute Gasteiger partial charge is 0.272 e.